The topological polar surface area (TPSA) is 44.9 Å². The van der Waals surface area contributed by atoms with Crippen molar-refractivity contribution >= 4 is 21.8 Å². The number of rotatable bonds is 7. The van der Waals surface area contributed by atoms with E-state index in [1.54, 1.807) is 4.68 Å². The molecule has 4 aromatic carbocycles. The molecular weight excluding hydrogens is 609 g/mol. The summed E-state index contributed by atoms with van der Waals surface area (Å²) in [5.41, 5.74) is 8.74. The highest BCUT2D eigenvalue weighted by Crippen LogP contribution is 2.39. The number of para-hydroxylation sites is 1. The molecule has 0 bridgehead atoms. The van der Waals surface area contributed by atoms with Crippen LogP contribution in [0.1, 0.15) is 40.6 Å². The second-order valence-electron chi connectivity index (χ2n) is 12.4. The number of fused-ring (bicyclic) bond motifs is 3. The minimum Gasteiger partial charge on any atom is -0.457 e. The Balaban J connectivity index is 1.32. The number of pyridine rings is 1. The highest BCUT2D eigenvalue weighted by Gasteiger charge is 2.33. The molecule has 48 heavy (non-hydrogen) atoms. The Kier molecular flexibility index (Phi) is 7.82. The molecule has 0 saturated carbocycles. The number of halogens is 3. The van der Waals surface area contributed by atoms with Gasteiger partial charge in [-0.3, -0.25) is 4.57 Å². The number of alkyl halides is 3. The Hall–Kier alpha value is -5.37. The zero-order valence-corrected chi connectivity index (χ0v) is 27.5. The van der Waals surface area contributed by atoms with E-state index in [1.807, 2.05) is 114 Å². The molecule has 0 aliphatic rings. The molecule has 0 atom stereocenters. The van der Waals surface area contributed by atoms with Gasteiger partial charge in [-0.15, -0.1) is 0 Å². The molecule has 242 valence electrons. The van der Waals surface area contributed by atoms with Gasteiger partial charge in [-0.1, -0.05) is 48.9 Å². The maximum Gasteiger partial charge on any atom is 0.394 e. The number of hydrogen-bond donors (Lipinski definition) is 0. The van der Waals surface area contributed by atoms with E-state index in [0.29, 0.717) is 29.2 Å². The van der Waals surface area contributed by atoms with E-state index < -0.39 is 12.6 Å². The Labute approximate surface area is 277 Å². The molecule has 7 rings (SSSR count). The van der Waals surface area contributed by atoms with E-state index in [4.69, 9.17) is 4.74 Å². The van der Waals surface area contributed by atoms with E-state index >= 15 is 0 Å². The van der Waals surface area contributed by atoms with Crippen LogP contribution in [0.2, 0.25) is 0 Å². The third kappa shape index (κ3) is 5.72. The summed E-state index contributed by atoms with van der Waals surface area (Å²) < 4.78 is 52.0. The van der Waals surface area contributed by atoms with Gasteiger partial charge >= 0.3 is 6.18 Å². The van der Waals surface area contributed by atoms with Crippen molar-refractivity contribution in [1.82, 2.24) is 19.3 Å². The quantitative estimate of drug-likeness (QED) is 0.173. The number of aromatic nitrogens is 4. The second kappa shape index (κ2) is 12.0. The molecule has 0 aliphatic heterocycles. The molecule has 0 unspecified atom stereocenters. The average molecular weight is 645 g/mol. The molecule has 3 heterocycles. The van der Waals surface area contributed by atoms with Crippen molar-refractivity contribution in [1.29, 1.82) is 0 Å². The highest BCUT2D eigenvalue weighted by molar-refractivity contribution is 6.09. The minimum atomic E-state index is -4.41. The van der Waals surface area contributed by atoms with Gasteiger partial charge in [-0.25, -0.2) is 9.67 Å². The zero-order valence-electron chi connectivity index (χ0n) is 27.5. The van der Waals surface area contributed by atoms with Crippen molar-refractivity contribution in [3.63, 3.8) is 0 Å². The fourth-order valence-electron chi connectivity index (χ4n) is 6.94. The molecule has 0 N–H and O–H groups in total. The summed E-state index contributed by atoms with van der Waals surface area (Å²) in [5, 5.41) is 6.80. The summed E-state index contributed by atoms with van der Waals surface area (Å²) in [4.78, 5) is 4.67. The lowest BCUT2D eigenvalue weighted by Gasteiger charge is -2.15. The zero-order chi connectivity index (χ0) is 33.7. The molecule has 7 aromatic rings. The first-order valence-corrected chi connectivity index (χ1v) is 16.0. The first kappa shape index (κ1) is 31.2. The molecule has 0 aliphatic carbocycles. The van der Waals surface area contributed by atoms with Crippen molar-refractivity contribution in [3.8, 4) is 34.1 Å². The Bertz CT molecular complexity index is 2310. The molecule has 0 fully saturated rings. The van der Waals surface area contributed by atoms with Gasteiger partial charge in [0.1, 0.15) is 17.3 Å². The third-order valence-electron chi connectivity index (χ3n) is 8.76. The van der Waals surface area contributed by atoms with Crippen LogP contribution in [0.25, 0.3) is 44.4 Å². The van der Waals surface area contributed by atoms with Crippen molar-refractivity contribution in [3.05, 3.63) is 131 Å². The van der Waals surface area contributed by atoms with Crippen molar-refractivity contribution in [2.24, 2.45) is 0 Å². The molecule has 0 spiro atoms. The summed E-state index contributed by atoms with van der Waals surface area (Å²) in [6.45, 7) is 9.88. The lowest BCUT2D eigenvalue weighted by molar-refractivity contribution is -0.127. The molecule has 3 aromatic heterocycles. The van der Waals surface area contributed by atoms with Gasteiger partial charge in [-0.2, -0.15) is 18.3 Å². The van der Waals surface area contributed by atoms with Crippen LogP contribution in [-0.4, -0.2) is 25.5 Å². The van der Waals surface area contributed by atoms with E-state index in [1.165, 1.54) is 0 Å². The fourth-order valence-corrected chi connectivity index (χ4v) is 6.94. The van der Waals surface area contributed by atoms with Gasteiger partial charge < -0.3 is 4.74 Å². The van der Waals surface area contributed by atoms with E-state index in [0.717, 1.165) is 61.1 Å². The van der Waals surface area contributed by atoms with Crippen LogP contribution in [0, 0.1) is 27.7 Å². The number of benzene rings is 4. The third-order valence-corrected chi connectivity index (χ3v) is 8.76. The highest BCUT2D eigenvalue weighted by atomic mass is 19.4. The summed E-state index contributed by atoms with van der Waals surface area (Å²) in [6, 6.07) is 29.6. The lowest BCUT2D eigenvalue weighted by atomic mass is 9.91. The summed E-state index contributed by atoms with van der Waals surface area (Å²) in [6.07, 6.45) is -3.23. The van der Waals surface area contributed by atoms with Gasteiger partial charge in [0.2, 0.25) is 0 Å². The normalized spacial score (nSPS) is 11.9. The van der Waals surface area contributed by atoms with Gasteiger partial charge in [0, 0.05) is 34.7 Å². The maximum absolute atomic E-state index is 13.9. The lowest BCUT2D eigenvalue weighted by Crippen LogP contribution is -2.13. The summed E-state index contributed by atoms with van der Waals surface area (Å²) >= 11 is 0. The van der Waals surface area contributed by atoms with Crippen molar-refractivity contribution < 1.29 is 17.9 Å². The fraction of sp³-hybridized carbons (Fsp3) is 0.200. The van der Waals surface area contributed by atoms with Crippen LogP contribution in [-0.2, 0) is 12.8 Å². The van der Waals surface area contributed by atoms with Gasteiger partial charge in [-0.05, 0) is 98.8 Å². The second-order valence-corrected chi connectivity index (χ2v) is 12.4. The molecule has 8 heteroatoms. The van der Waals surface area contributed by atoms with Crippen molar-refractivity contribution in [2.75, 3.05) is 0 Å². The standard InChI is InChI=1S/C40H35F3N4O/c1-6-34-39(38-26(4)18-25(3)19-27(38)5)33(23-40(41,42)43)45-47(34)28-10-9-11-29(21-28)48-30-14-15-32-31-12-7-8-13-35(31)46(36(32)22-30)37-20-24(2)16-17-44-37/h7-22H,6,23H2,1-5H3. The van der Waals surface area contributed by atoms with Crippen LogP contribution in [0.3, 0.4) is 0 Å². The Morgan fingerprint density at radius 2 is 1.44 bits per heavy atom. The van der Waals surface area contributed by atoms with Gasteiger partial charge in [0.25, 0.3) is 0 Å². The largest absolute Gasteiger partial charge is 0.457 e. The Morgan fingerprint density at radius 3 is 2.17 bits per heavy atom. The smallest absolute Gasteiger partial charge is 0.394 e. The SMILES string of the molecule is CCc1c(-c2c(C)cc(C)cc2C)c(CC(F)(F)F)nn1-c1cccc(Oc2ccc3c4ccccc4n(-c4cc(C)ccn4)c3c2)c1. The first-order chi connectivity index (χ1) is 23.0. The van der Waals surface area contributed by atoms with Crippen LogP contribution >= 0.6 is 0 Å². The van der Waals surface area contributed by atoms with Crippen molar-refractivity contribution in [2.45, 2.75) is 53.6 Å². The number of ether oxygens (including phenoxy) is 1. The molecule has 0 amide bonds. The Morgan fingerprint density at radius 1 is 0.708 bits per heavy atom. The number of hydrogen-bond acceptors (Lipinski definition) is 3. The monoisotopic (exact) mass is 644 g/mol. The summed E-state index contributed by atoms with van der Waals surface area (Å²) in [5.74, 6) is 1.98. The van der Waals surface area contributed by atoms with Crippen LogP contribution in [0.4, 0.5) is 13.2 Å². The molecule has 0 radical (unpaired) electrons. The first-order valence-electron chi connectivity index (χ1n) is 16.0. The minimum absolute atomic E-state index is 0.0174. The van der Waals surface area contributed by atoms with E-state index in [9.17, 15) is 13.2 Å². The predicted molar refractivity (Wildman–Crippen MR) is 186 cm³/mol. The van der Waals surface area contributed by atoms with E-state index in [-0.39, 0.29) is 5.69 Å². The predicted octanol–water partition coefficient (Wildman–Crippen LogP) is 10.7. The average Bonchev–Trinajstić information content (AvgIpc) is 3.54. The van der Waals surface area contributed by atoms with Gasteiger partial charge in [0.15, 0.2) is 0 Å². The van der Waals surface area contributed by atoms with Crippen LogP contribution < -0.4 is 4.74 Å². The van der Waals surface area contributed by atoms with Gasteiger partial charge in [0.05, 0.1) is 34.5 Å². The van der Waals surface area contributed by atoms with Crippen LogP contribution in [0.15, 0.2) is 97.2 Å². The molecule has 0 saturated heterocycles. The number of aryl methyl sites for hydroxylation is 4. The molecule has 5 nitrogen and oxygen atoms in total. The number of nitrogens with zero attached hydrogens (tertiary/aromatic N) is 4. The van der Waals surface area contributed by atoms with Crippen LogP contribution in [0.5, 0.6) is 11.5 Å². The molecular formula is C40H35F3N4O. The summed E-state index contributed by atoms with van der Waals surface area (Å²) in [7, 11) is 0. The maximum atomic E-state index is 13.9. The van der Waals surface area contributed by atoms with E-state index in [2.05, 4.69) is 32.8 Å².